The Balaban J connectivity index is 2.17. The van der Waals surface area contributed by atoms with Crippen molar-refractivity contribution in [3.05, 3.63) is 20.3 Å². The van der Waals surface area contributed by atoms with Gasteiger partial charge in [-0.05, 0) is 41.9 Å². The van der Waals surface area contributed by atoms with Crippen LogP contribution in [-0.2, 0) is 0 Å². The second-order valence-corrected chi connectivity index (χ2v) is 6.37. The topological polar surface area (TPSA) is 39.1 Å². The van der Waals surface area contributed by atoms with Gasteiger partial charge in [0.25, 0.3) is 0 Å². The van der Waals surface area contributed by atoms with Crippen molar-refractivity contribution < 1.29 is 0 Å². The Morgan fingerprint density at radius 1 is 1.53 bits per heavy atom. The van der Waals surface area contributed by atoms with Crippen molar-refractivity contribution in [1.82, 2.24) is 10.2 Å². The molecule has 1 N–H and O–H groups in total. The van der Waals surface area contributed by atoms with Crippen molar-refractivity contribution in [2.75, 3.05) is 26.2 Å². The van der Waals surface area contributed by atoms with Crippen molar-refractivity contribution in [2.24, 2.45) is 0 Å². The Labute approximate surface area is 115 Å². The molecule has 0 spiro atoms. The molecule has 1 aromatic rings. The molecule has 5 heteroatoms. The van der Waals surface area contributed by atoms with Crippen LogP contribution in [-0.4, -0.2) is 31.1 Å². The maximum absolute atomic E-state index is 9.40. The highest BCUT2D eigenvalue weighted by atomic mass is 79.9. The average Bonchev–Trinajstić information content (AvgIpc) is 2.56. The van der Waals surface area contributed by atoms with Gasteiger partial charge in [-0.15, -0.1) is 11.3 Å². The first kappa shape index (κ1) is 13.0. The number of nitriles is 1. The van der Waals surface area contributed by atoms with E-state index in [1.54, 1.807) is 11.3 Å². The molecular formula is C12H16BrN3S. The van der Waals surface area contributed by atoms with Crippen LogP contribution in [0.3, 0.4) is 0 Å². The van der Waals surface area contributed by atoms with E-state index in [9.17, 15) is 5.26 Å². The molecule has 17 heavy (non-hydrogen) atoms. The lowest BCUT2D eigenvalue weighted by atomic mass is 10.2. The minimum Gasteiger partial charge on any atom is -0.315 e. The summed E-state index contributed by atoms with van der Waals surface area (Å²) in [4.78, 5) is 4.67. The monoisotopic (exact) mass is 313 g/mol. The third-order valence-electron chi connectivity index (χ3n) is 3.01. The lowest BCUT2D eigenvalue weighted by Gasteiger charge is -2.23. The molecular weight excluding hydrogens is 298 g/mol. The quantitative estimate of drug-likeness (QED) is 0.912. The van der Waals surface area contributed by atoms with Crippen LogP contribution in [0.25, 0.3) is 0 Å². The molecule has 0 aliphatic carbocycles. The van der Waals surface area contributed by atoms with Crippen molar-refractivity contribution in [1.29, 1.82) is 5.26 Å². The smallest absolute Gasteiger partial charge is 0.133 e. The summed E-state index contributed by atoms with van der Waals surface area (Å²) in [7, 11) is 0. The zero-order valence-electron chi connectivity index (χ0n) is 9.87. The average molecular weight is 314 g/mol. The van der Waals surface area contributed by atoms with Crippen LogP contribution >= 0.6 is 27.3 Å². The van der Waals surface area contributed by atoms with Crippen molar-refractivity contribution >= 4 is 27.3 Å². The molecule has 1 atom stereocenters. The number of halogens is 1. The van der Waals surface area contributed by atoms with Crippen LogP contribution in [0.5, 0.6) is 0 Å². The first-order valence-corrected chi connectivity index (χ1v) is 7.43. The molecule has 0 amide bonds. The van der Waals surface area contributed by atoms with Gasteiger partial charge >= 0.3 is 0 Å². The van der Waals surface area contributed by atoms with Gasteiger partial charge in [0.15, 0.2) is 0 Å². The summed E-state index contributed by atoms with van der Waals surface area (Å²) >= 11 is 5.24. The molecule has 1 saturated heterocycles. The van der Waals surface area contributed by atoms with Gasteiger partial charge in [-0.1, -0.05) is 0 Å². The molecule has 1 aromatic heterocycles. The highest BCUT2D eigenvalue weighted by Gasteiger charge is 2.23. The molecule has 0 saturated carbocycles. The van der Waals surface area contributed by atoms with E-state index in [0.29, 0.717) is 0 Å². The summed E-state index contributed by atoms with van der Waals surface area (Å²) in [6.45, 7) is 6.06. The van der Waals surface area contributed by atoms with Crippen LogP contribution in [0.1, 0.15) is 22.2 Å². The lowest BCUT2D eigenvalue weighted by molar-refractivity contribution is 0.255. The fourth-order valence-corrected chi connectivity index (χ4v) is 3.71. The zero-order chi connectivity index (χ0) is 12.3. The number of rotatable bonds is 2. The third kappa shape index (κ3) is 3.08. The Hall–Kier alpha value is -0.410. The van der Waals surface area contributed by atoms with E-state index >= 15 is 0 Å². The van der Waals surface area contributed by atoms with Gasteiger partial charge in [-0.25, -0.2) is 0 Å². The van der Waals surface area contributed by atoms with E-state index < -0.39 is 0 Å². The Kier molecular flexibility index (Phi) is 4.57. The lowest BCUT2D eigenvalue weighted by Crippen LogP contribution is -2.31. The van der Waals surface area contributed by atoms with E-state index in [0.717, 1.165) is 41.9 Å². The van der Waals surface area contributed by atoms with E-state index in [4.69, 9.17) is 0 Å². The van der Waals surface area contributed by atoms with Gasteiger partial charge in [0.1, 0.15) is 6.04 Å². The predicted molar refractivity (Wildman–Crippen MR) is 74.2 cm³/mol. The van der Waals surface area contributed by atoms with Crippen molar-refractivity contribution in [2.45, 2.75) is 19.4 Å². The molecule has 3 nitrogen and oxygen atoms in total. The first-order chi connectivity index (χ1) is 8.22. The van der Waals surface area contributed by atoms with Crippen LogP contribution in [0.15, 0.2) is 10.5 Å². The van der Waals surface area contributed by atoms with Gasteiger partial charge in [0.05, 0.1) is 6.07 Å². The maximum atomic E-state index is 9.40. The number of aryl methyl sites for hydroxylation is 1. The van der Waals surface area contributed by atoms with Crippen LogP contribution < -0.4 is 5.32 Å². The number of nitrogens with one attached hydrogen (secondary N) is 1. The molecule has 2 rings (SSSR count). The number of nitrogens with zero attached hydrogens (tertiary/aromatic N) is 2. The molecule has 1 aliphatic rings. The fraction of sp³-hybridized carbons (Fsp3) is 0.583. The second kappa shape index (κ2) is 5.96. The summed E-state index contributed by atoms with van der Waals surface area (Å²) in [6, 6.07) is 4.44. The number of hydrogen-bond acceptors (Lipinski definition) is 4. The van der Waals surface area contributed by atoms with Gasteiger partial charge in [0, 0.05) is 33.9 Å². The Morgan fingerprint density at radius 2 is 2.35 bits per heavy atom. The largest absolute Gasteiger partial charge is 0.315 e. The van der Waals surface area contributed by atoms with E-state index in [2.05, 4.69) is 45.2 Å². The summed E-state index contributed by atoms with van der Waals surface area (Å²) in [5, 5.41) is 12.8. The molecule has 2 heterocycles. The highest BCUT2D eigenvalue weighted by molar-refractivity contribution is 9.10. The molecule has 0 bridgehead atoms. The Morgan fingerprint density at radius 3 is 3.00 bits per heavy atom. The zero-order valence-corrected chi connectivity index (χ0v) is 12.3. The van der Waals surface area contributed by atoms with Crippen molar-refractivity contribution in [3.63, 3.8) is 0 Å². The fourth-order valence-electron chi connectivity index (χ4n) is 2.07. The summed E-state index contributed by atoms with van der Waals surface area (Å²) in [5.74, 6) is 0. The van der Waals surface area contributed by atoms with Crippen LogP contribution in [0.4, 0.5) is 0 Å². The van der Waals surface area contributed by atoms with Crippen LogP contribution in [0.2, 0.25) is 0 Å². The summed E-state index contributed by atoms with van der Waals surface area (Å²) < 4.78 is 1.12. The third-order valence-corrected chi connectivity index (χ3v) is 5.20. The van der Waals surface area contributed by atoms with Gasteiger partial charge in [0.2, 0.25) is 0 Å². The second-order valence-electron chi connectivity index (χ2n) is 4.22. The van der Waals surface area contributed by atoms with Gasteiger partial charge < -0.3 is 5.32 Å². The predicted octanol–water partition coefficient (Wildman–Crippen LogP) is 2.68. The Bertz CT molecular complexity index is 396. The summed E-state index contributed by atoms with van der Waals surface area (Å²) in [5.41, 5.74) is 0. The van der Waals surface area contributed by atoms with Crippen molar-refractivity contribution in [3.8, 4) is 6.07 Å². The SMILES string of the molecule is Cc1sc(C(C#N)N2CCCNCC2)cc1Br. The minimum atomic E-state index is -0.0927. The number of hydrogen-bond donors (Lipinski definition) is 1. The van der Waals surface area contributed by atoms with E-state index in [1.807, 2.05) is 0 Å². The first-order valence-electron chi connectivity index (χ1n) is 5.82. The van der Waals surface area contributed by atoms with E-state index in [1.165, 1.54) is 4.88 Å². The molecule has 1 aliphatic heterocycles. The standard InChI is InChI=1S/C12H16BrN3S/c1-9-10(13)7-12(17-9)11(8-14)16-5-2-3-15-4-6-16/h7,11,15H,2-6H2,1H3. The van der Waals surface area contributed by atoms with Gasteiger partial charge in [-0.3, -0.25) is 4.90 Å². The highest BCUT2D eigenvalue weighted by Crippen LogP contribution is 2.33. The molecule has 1 fully saturated rings. The molecule has 92 valence electrons. The summed E-state index contributed by atoms with van der Waals surface area (Å²) in [6.07, 6.45) is 1.11. The minimum absolute atomic E-state index is 0.0927. The molecule has 0 radical (unpaired) electrons. The molecule has 0 aromatic carbocycles. The normalized spacial score (nSPS) is 19.6. The molecule has 1 unspecified atom stereocenters. The van der Waals surface area contributed by atoms with Gasteiger partial charge in [-0.2, -0.15) is 5.26 Å². The van der Waals surface area contributed by atoms with E-state index in [-0.39, 0.29) is 6.04 Å². The maximum Gasteiger partial charge on any atom is 0.133 e. The number of thiophene rings is 1. The van der Waals surface area contributed by atoms with Crippen LogP contribution in [0, 0.1) is 18.3 Å².